The minimum atomic E-state index is -1.34. The average Bonchev–Trinajstić information content (AvgIpc) is 3.71. The first-order valence-corrected chi connectivity index (χ1v) is 23.9. The molecule has 2 aromatic carbocycles. The molecule has 6 atom stereocenters. The van der Waals surface area contributed by atoms with Gasteiger partial charge in [0, 0.05) is 63.7 Å². The zero-order valence-electron chi connectivity index (χ0n) is 37.9. The second-order valence-electron chi connectivity index (χ2n) is 19.6. The van der Waals surface area contributed by atoms with Gasteiger partial charge in [-0.3, -0.25) is 9.69 Å². The molecule has 2 aromatic rings. The first-order chi connectivity index (χ1) is 30.6. The van der Waals surface area contributed by atoms with Crippen molar-refractivity contribution in [2.75, 3.05) is 52.9 Å². The number of carbonyl (C=O) groups excluding carboxylic acids is 1. The van der Waals surface area contributed by atoms with E-state index in [-0.39, 0.29) is 50.3 Å². The Morgan fingerprint density at radius 2 is 1.75 bits per heavy atom. The highest BCUT2D eigenvalue weighted by Crippen LogP contribution is 2.62. The Hall–Kier alpha value is -4.10. The highest BCUT2D eigenvalue weighted by molar-refractivity contribution is 6.03. The zero-order chi connectivity index (χ0) is 44.0. The fourth-order valence-corrected chi connectivity index (χ4v) is 10.9. The van der Waals surface area contributed by atoms with Gasteiger partial charge in [-0.05, 0) is 112 Å². The van der Waals surface area contributed by atoms with Crippen LogP contribution in [-0.2, 0) is 20.9 Å². The van der Waals surface area contributed by atoms with Gasteiger partial charge in [-0.25, -0.2) is 0 Å². The molecule has 12 nitrogen and oxygen atoms in total. The second-order valence-corrected chi connectivity index (χ2v) is 19.6. The van der Waals surface area contributed by atoms with Gasteiger partial charge in [0.15, 0.2) is 11.5 Å². The molecule has 344 valence electrons. The zero-order valence-corrected chi connectivity index (χ0v) is 37.9. The Bertz CT molecular complexity index is 1950. The van der Waals surface area contributed by atoms with Gasteiger partial charge in [-0.2, -0.15) is 0 Å². The normalized spacial score (nSPS) is 26.7. The number of oxime groups is 1. The van der Waals surface area contributed by atoms with Crippen molar-refractivity contribution in [2.24, 2.45) is 28.8 Å². The van der Waals surface area contributed by atoms with E-state index in [0.717, 1.165) is 98.5 Å². The summed E-state index contributed by atoms with van der Waals surface area (Å²) in [5.74, 6) is 1.85. The maximum Gasteiger partial charge on any atom is 0.239 e. The van der Waals surface area contributed by atoms with Gasteiger partial charge < -0.3 is 43.6 Å². The molecule has 0 aromatic heterocycles. The molecule has 6 aliphatic rings. The number of unbranched alkanes of at least 4 members (excludes halogenated alkanes) is 2. The molecule has 2 saturated carbocycles. The van der Waals surface area contributed by atoms with Gasteiger partial charge in [0.2, 0.25) is 18.5 Å². The summed E-state index contributed by atoms with van der Waals surface area (Å²) in [6.07, 6.45) is 15.4. The third kappa shape index (κ3) is 10.6. The van der Waals surface area contributed by atoms with Crippen LogP contribution in [0.2, 0.25) is 0 Å². The van der Waals surface area contributed by atoms with Crippen LogP contribution in [0.25, 0.3) is 0 Å². The smallest absolute Gasteiger partial charge is 0.239 e. The number of nitrogens with zero attached hydrogens (tertiary/aromatic N) is 3. The number of allylic oxidation sites excluding steroid dienone is 1. The molecule has 3 aliphatic carbocycles. The van der Waals surface area contributed by atoms with E-state index in [1.165, 1.54) is 12.8 Å². The van der Waals surface area contributed by atoms with Crippen molar-refractivity contribution in [3.8, 4) is 23.0 Å². The maximum absolute atomic E-state index is 15.3. The molecule has 0 radical (unpaired) electrons. The molecule has 1 saturated heterocycles. The van der Waals surface area contributed by atoms with Crippen LogP contribution in [0.15, 0.2) is 65.9 Å². The minimum Gasteiger partial charge on any atom is -0.492 e. The summed E-state index contributed by atoms with van der Waals surface area (Å²) in [5.41, 5.74) is 3.23. The van der Waals surface area contributed by atoms with E-state index in [2.05, 4.69) is 23.6 Å². The summed E-state index contributed by atoms with van der Waals surface area (Å²) in [6, 6.07) is 11.5. The van der Waals surface area contributed by atoms with Gasteiger partial charge in [0.1, 0.15) is 29.7 Å². The Morgan fingerprint density at radius 3 is 2.49 bits per heavy atom. The third-order valence-corrected chi connectivity index (χ3v) is 14.0. The number of hydrogen-bond donors (Lipinski definition) is 2. The number of rotatable bonds is 22. The number of benzene rings is 2. The SMILES string of the molecule is C=CCO[C@@]12Oc3ccc(OCCN4CC4)cc3[C@H]3[C@H](CCCCO)[C@@H](CCCCO)C=C(C(=NOC(C)(C)C)C[C@@H]1N(Cc1ccc4c(c1)OCO4)C(=O)CCC1CCCC1)[C@H]32. The number of amides is 1. The monoisotopic (exact) mass is 870 g/mol. The van der Waals surface area contributed by atoms with Crippen LogP contribution >= 0.6 is 0 Å². The van der Waals surface area contributed by atoms with E-state index in [4.69, 9.17) is 33.7 Å². The van der Waals surface area contributed by atoms with Crippen LogP contribution in [0.3, 0.4) is 0 Å². The fraction of sp³-hybridized carbons (Fsp3) is 0.647. The summed E-state index contributed by atoms with van der Waals surface area (Å²) >= 11 is 0. The average molecular weight is 870 g/mol. The van der Waals surface area contributed by atoms with Crippen LogP contribution in [0.1, 0.15) is 121 Å². The van der Waals surface area contributed by atoms with Crippen LogP contribution < -0.4 is 18.9 Å². The van der Waals surface area contributed by atoms with Crippen molar-refractivity contribution in [2.45, 2.75) is 134 Å². The predicted octanol–water partition coefficient (Wildman–Crippen LogP) is 8.54. The predicted molar refractivity (Wildman–Crippen MR) is 242 cm³/mol. The summed E-state index contributed by atoms with van der Waals surface area (Å²) < 4.78 is 32.8. The molecular formula is C51H71N3O9. The number of hydrogen-bond acceptors (Lipinski definition) is 11. The topological polar surface area (TPSA) is 132 Å². The standard InChI is InChI=1S/C51H71N3O9/c1-5-27-61-51-46(54(47(57)21-17-35-12-6-7-13-35)33-36-16-19-44-45(29-36)60-34-59-44)32-42(52-63-50(2,3)4)40-30-37(14-8-10-25-55)39(15-9-11-26-56)48(49(40)51)41-31-38(18-20-43(41)62-51)58-28-24-53-22-23-53/h5,16,18-20,29-31,35,37,39,46,48-49,55-56H,1,6-15,17,21-28,32-34H2,2-4H3/t37-,39+,46-,48+,49+,51+/m0/s1. The van der Waals surface area contributed by atoms with Gasteiger partial charge in [-0.1, -0.05) is 61.9 Å². The Labute approximate surface area is 374 Å². The number of fused-ring (bicyclic) bond motifs is 3. The lowest BCUT2D eigenvalue weighted by atomic mass is 9.55. The number of aliphatic hydroxyl groups is 2. The quantitative estimate of drug-likeness (QED) is 0.0514. The minimum absolute atomic E-state index is 0.0490. The highest BCUT2D eigenvalue weighted by Gasteiger charge is 2.65. The molecule has 63 heavy (non-hydrogen) atoms. The van der Waals surface area contributed by atoms with E-state index < -0.39 is 23.3 Å². The van der Waals surface area contributed by atoms with Gasteiger partial charge in [-0.15, -0.1) is 6.58 Å². The lowest BCUT2D eigenvalue weighted by Gasteiger charge is -2.60. The lowest BCUT2D eigenvalue weighted by molar-refractivity contribution is -0.258. The molecule has 12 heteroatoms. The van der Waals surface area contributed by atoms with E-state index in [1.807, 2.05) is 56.0 Å². The van der Waals surface area contributed by atoms with Crippen molar-refractivity contribution in [1.29, 1.82) is 0 Å². The van der Waals surface area contributed by atoms with E-state index >= 15 is 4.79 Å². The van der Waals surface area contributed by atoms with Crippen LogP contribution in [-0.4, -0.2) is 102 Å². The van der Waals surface area contributed by atoms with Crippen LogP contribution in [0, 0.1) is 23.7 Å². The number of aliphatic hydroxyl groups excluding tert-OH is 2. The van der Waals surface area contributed by atoms with Crippen molar-refractivity contribution in [3.63, 3.8) is 0 Å². The van der Waals surface area contributed by atoms with E-state index in [9.17, 15) is 10.2 Å². The second kappa shape index (κ2) is 20.4. The maximum atomic E-state index is 15.3. The molecule has 3 heterocycles. The molecule has 1 amide bonds. The molecule has 8 rings (SSSR count). The van der Waals surface area contributed by atoms with Gasteiger partial charge >= 0.3 is 0 Å². The van der Waals surface area contributed by atoms with Gasteiger partial charge in [0.25, 0.3) is 0 Å². The van der Waals surface area contributed by atoms with Crippen molar-refractivity contribution in [3.05, 3.63) is 71.8 Å². The van der Waals surface area contributed by atoms with Gasteiger partial charge in [0.05, 0.1) is 18.2 Å². The number of carbonyl (C=O) groups is 1. The molecule has 0 bridgehead atoms. The first-order valence-electron chi connectivity index (χ1n) is 23.9. The summed E-state index contributed by atoms with van der Waals surface area (Å²) in [4.78, 5) is 26.0. The summed E-state index contributed by atoms with van der Waals surface area (Å²) in [5, 5.41) is 25.0. The highest BCUT2D eigenvalue weighted by atomic mass is 16.7. The number of ether oxygens (including phenoxy) is 5. The molecule has 2 N–H and O–H groups in total. The third-order valence-electron chi connectivity index (χ3n) is 14.0. The molecule has 3 aliphatic heterocycles. The van der Waals surface area contributed by atoms with Crippen molar-refractivity contribution in [1.82, 2.24) is 9.80 Å². The fourth-order valence-electron chi connectivity index (χ4n) is 10.9. The van der Waals surface area contributed by atoms with E-state index in [0.29, 0.717) is 56.3 Å². The van der Waals surface area contributed by atoms with Crippen molar-refractivity contribution < 1.29 is 43.5 Å². The Morgan fingerprint density at radius 1 is 0.984 bits per heavy atom. The Balaban J connectivity index is 1.30. The summed E-state index contributed by atoms with van der Waals surface area (Å²) in [6.45, 7) is 14.7. The molecule has 0 spiro atoms. The Kier molecular flexibility index (Phi) is 14.7. The lowest BCUT2D eigenvalue weighted by Crippen LogP contribution is -2.70. The molecule has 3 fully saturated rings. The van der Waals surface area contributed by atoms with E-state index in [1.54, 1.807) is 6.08 Å². The summed E-state index contributed by atoms with van der Waals surface area (Å²) in [7, 11) is 0. The molecule has 0 unspecified atom stereocenters. The van der Waals surface area contributed by atoms with Crippen LogP contribution in [0.4, 0.5) is 0 Å². The first kappa shape index (κ1) is 45.5. The van der Waals surface area contributed by atoms with Crippen molar-refractivity contribution >= 4 is 11.6 Å². The van der Waals surface area contributed by atoms with Crippen LogP contribution in [0.5, 0.6) is 23.0 Å². The molecular weight excluding hydrogens is 799 g/mol. The largest absolute Gasteiger partial charge is 0.492 e.